The van der Waals surface area contributed by atoms with Gasteiger partial charge in [0.05, 0.1) is 17.6 Å². The van der Waals surface area contributed by atoms with Gasteiger partial charge in [-0.15, -0.1) is 0 Å². The van der Waals surface area contributed by atoms with Crippen molar-refractivity contribution in [3.8, 4) is 5.75 Å². The molecule has 1 fully saturated rings. The Bertz CT molecular complexity index is 960. The predicted octanol–water partition coefficient (Wildman–Crippen LogP) is 2.74. The molecule has 1 aliphatic heterocycles. The van der Waals surface area contributed by atoms with Gasteiger partial charge in [0.2, 0.25) is 10.0 Å². The number of nitrogens with zero attached hydrogens (tertiary/aromatic N) is 2. The maximum absolute atomic E-state index is 13.4. The van der Waals surface area contributed by atoms with Crippen LogP contribution in [0.5, 0.6) is 5.75 Å². The molecule has 2 aromatic carbocycles. The second kappa shape index (κ2) is 7.95. The third kappa shape index (κ3) is 4.15. The van der Waals surface area contributed by atoms with E-state index in [-0.39, 0.29) is 37.0 Å². The van der Waals surface area contributed by atoms with E-state index in [0.717, 1.165) is 6.07 Å². The van der Waals surface area contributed by atoms with Gasteiger partial charge < -0.3 is 9.64 Å². The van der Waals surface area contributed by atoms with Crippen molar-refractivity contribution in [2.45, 2.75) is 4.90 Å². The molecule has 0 bridgehead atoms. The third-order valence-electron chi connectivity index (χ3n) is 4.36. The van der Waals surface area contributed by atoms with Crippen molar-refractivity contribution in [2.75, 3.05) is 33.3 Å². The summed E-state index contributed by atoms with van der Waals surface area (Å²) >= 11 is 3.36. The van der Waals surface area contributed by atoms with Gasteiger partial charge >= 0.3 is 0 Å². The molecule has 0 unspecified atom stereocenters. The number of amides is 1. The number of ether oxygens (including phenoxy) is 1. The second-order valence-electron chi connectivity index (χ2n) is 6.00. The molecule has 0 saturated carbocycles. The van der Waals surface area contributed by atoms with Gasteiger partial charge in [-0.3, -0.25) is 4.79 Å². The Morgan fingerprint density at radius 3 is 2.44 bits per heavy atom. The summed E-state index contributed by atoms with van der Waals surface area (Å²) in [6.07, 6.45) is 0. The SMILES string of the molecule is COc1ccc(Br)c(C(=O)N2CCN(S(=O)(=O)c3cccc(F)c3)CC2)c1. The summed E-state index contributed by atoms with van der Waals surface area (Å²) in [5.41, 5.74) is 0.454. The van der Waals surface area contributed by atoms with Crippen LogP contribution in [0.2, 0.25) is 0 Å². The van der Waals surface area contributed by atoms with E-state index in [4.69, 9.17) is 4.74 Å². The van der Waals surface area contributed by atoms with Crippen molar-refractivity contribution in [3.63, 3.8) is 0 Å². The van der Waals surface area contributed by atoms with Gasteiger partial charge in [-0.25, -0.2) is 12.8 Å². The van der Waals surface area contributed by atoms with E-state index in [1.807, 2.05) is 0 Å². The van der Waals surface area contributed by atoms with Crippen molar-refractivity contribution in [3.05, 3.63) is 58.3 Å². The number of halogens is 2. The lowest BCUT2D eigenvalue weighted by Gasteiger charge is -2.34. The lowest BCUT2D eigenvalue weighted by atomic mass is 10.1. The number of piperazine rings is 1. The summed E-state index contributed by atoms with van der Waals surface area (Å²) in [6, 6.07) is 10.0. The third-order valence-corrected chi connectivity index (χ3v) is 6.95. The highest BCUT2D eigenvalue weighted by Crippen LogP contribution is 2.25. The quantitative estimate of drug-likeness (QED) is 0.709. The first-order valence-electron chi connectivity index (χ1n) is 8.21. The average molecular weight is 457 g/mol. The number of rotatable bonds is 4. The van der Waals surface area contributed by atoms with E-state index >= 15 is 0 Å². The maximum atomic E-state index is 13.4. The minimum Gasteiger partial charge on any atom is -0.497 e. The molecule has 0 spiro atoms. The molecule has 1 amide bonds. The zero-order chi connectivity index (χ0) is 19.6. The Morgan fingerprint density at radius 1 is 1.11 bits per heavy atom. The Kier molecular flexibility index (Phi) is 5.83. The number of benzene rings is 2. The lowest BCUT2D eigenvalue weighted by molar-refractivity contribution is 0.0696. The summed E-state index contributed by atoms with van der Waals surface area (Å²) in [6.45, 7) is 0.784. The Balaban J connectivity index is 1.73. The van der Waals surface area contributed by atoms with Crippen molar-refractivity contribution in [1.82, 2.24) is 9.21 Å². The minimum absolute atomic E-state index is 0.0854. The zero-order valence-electron chi connectivity index (χ0n) is 14.6. The molecule has 144 valence electrons. The normalized spacial score (nSPS) is 15.6. The van der Waals surface area contributed by atoms with Gasteiger partial charge in [-0.05, 0) is 52.3 Å². The average Bonchev–Trinajstić information content (AvgIpc) is 2.68. The van der Waals surface area contributed by atoms with Crippen LogP contribution in [0.4, 0.5) is 4.39 Å². The van der Waals surface area contributed by atoms with E-state index in [0.29, 0.717) is 15.8 Å². The highest BCUT2D eigenvalue weighted by atomic mass is 79.9. The first kappa shape index (κ1) is 19.8. The fourth-order valence-corrected chi connectivity index (χ4v) is 4.74. The number of hydrogen-bond donors (Lipinski definition) is 0. The number of hydrogen-bond acceptors (Lipinski definition) is 4. The Hall–Kier alpha value is -1.97. The number of carbonyl (C=O) groups is 1. The van der Waals surface area contributed by atoms with E-state index in [1.165, 1.54) is 29.6 Å². The van der Waals surface area contributed by atoms with Crippen molar-refractivity contribution in [1.29, 1.82) is 0 Å². The first-order valence-corrected chi connectivity index (χ1v) is 10.4. The molecule has 0 N–H and O–H groups in total. The molecule has 0 aromatic heterocycles. The molecule has 6 nitrogen and oxygen atoms in total. The van der Waals surface area contributed by atoms with Crippen LogP contribution in [-0.2, 0) is 10.0 Å². The van der Waals surface area contributed by atoms with Crippen LogP contribution in [0.15, 0.2) is 51.8 Å². The van der Waals surface area contributed by atoms with Crippen LogP contribution in [-0.4, -0.2) is 56.8 Å². The monoisotopic (exact) mass is 456 g/mol. The highest BCUT2D eigenvalue weighted by molar-refractivity contribution is 9.10. The number of carbonyl (C=O) groups excluding carboxylic acids is 1. The van der Waals surface area contributed by atoms with Gasteiger partial charge in [0, 0.05) is 30.7 Å². The minimum atomic E-state index is -3.79. The maximum Gasteiger partial charge on any atom is 0.255 e. The molecular formula is C18H18BrFN2O4S. The van der Waals surface area contributed by atoms with Gasteiger partial charge in [-0.2, -0.15) is 4.31 Å². The van der Waals surface area contributed by atoms with Crippen LogP contribution >= 0.6 is 15.9 Å². The Morgan fingerprint density at radius 2 is 1.81 bits per heavy atom. The number of sulfonamides is 1. The summed E-state index contributed by atoms with van der Waals surface area (Å²) in [5.74, 6) is -0.245. The van der Waals surface area contributed by atoms with Crippen molar-refractivity contribution >= 4 is 31.9 Å². The Labute approximate surface area is 165 Å². The van der Waals surface area contributed by atoms with Gasteiger partial charge in [-0.1, -0.05) is 6.07 Å². The molecule has 0 atom stereocenters. The fraction of sp³-hybridized carbons (Fsp3) is 0.278. The van der Waals surface area contributed by atoms with Crippen LogP contribution in [0.25, 0.3) is 0 Å². The molecular weight excluding hydrogens is 439 g/mol. The van der Waals surface area contributed by atoms with E-state index in [1.54, 1.807) is 23.1 Å². The molecule has 27 heavy (non-hydrogen) atoms. The van der Waals surface area contributed by atoms with E-state index < -0.39 is 15.8 Å². The molecule has 3 rings (SSSR count). The van der Waals surface area contributed by atoms with Crippen LogP contribution in [0, 0.1) is 5.82 Å². The van der Waals surface area contributed by atoms with E-state index in [9.17, 15) is 17.6 Å². The standard InChI is InChI=1S/C18H18BrFN2O4S/c1-26-14-5-6-17(19)16(12-14)18(23)21-7-9-22(10-8-21)27(24,25)15-4-2-3-13(20)11-15/h2-6,11-12H,7-10H2,1H3. The highest BCUT2D eigenvalue weighted by Gasteiger charge is 2.31. The fourth-order valence-electron chi connectivity index (χ4n) is 2.87. The molecule has 9 heteroatoms. The second-order valence-corrected chi connectivity index (χ2v) is 8.79. The van der Waals surface area contributed by atoms with Crippen molar-refractivity contribution in [2.24, 2.45) is 0 Å². The topological polar surface area (TPSA) is 66.9 Å². The summed E-state index contributed by atoms with van der Waals surface area (Å²) in [7, 11) is -2.27. The summed E-state index contributed by atoms with van der Waals surface area (Å²) < 4.78 is 45.7. The van der Waals surface area contributed by atoms with E-state index in [2.05, 4.69) is 15.9 Å². The van der Waals surface area contributed by atoms with Crippen LogP contribution < -0.4 is 4.74 Å². The zero-order valence-corrected chi connectivity index (χ0v) is 17.0. The molecule has 1 aliphatic rings. The van der Waals surface area contributed by atoms with Crippen LogP contribution in [0.1, 0.15) is 10.4 Å². The molecule has 0 aliphatic carbocycles. The number of methoxy groups -OCH3 is 1. The van der Waals surface area contributed by atoms with Gasteiger partial charge in [0.25, 0.3) is 5.91 Å². The summed E-state index contributed by atoms with van der Waals surface area (Å²) in [5, 5.41) is 0. The van der Waals surface area contributed by atoms with Crippen molar-refractivity contribution < 1.29 is 22.3 Å². The molecule has 1 heterocycles. The predicted molar refractivity (Wildman–Crippen MR) is 102 cm³/mol. The molecule has 0 radical (unpaired) electrons. The lowest BCUT2D eigenvalue weighted by Crippen LogP contribution is -2.50. The largest absolute Gasteiger partial charge is 0.497 e. The van der Waals surface area contributed by atoms with Gasteiger partial charge in [0.15, 0.2) is 0 Å². The smallest absolute Gasteiger partial charge is 0.255 e. The molecule has 1 saturated heterocycles. The van der Waals surface area contributed by atoms with Crippen LogP contribution in [0.3, 0.4) is 0 Å². The van der Waals surface area contributed by atoms with Gasteiger partial charge in [0.1, 0.15) is 11.6 Å². The molecule has 2 aromatic rings. The first-order chi connectivity index (χ1) is 12.8. The summed E-state index contributed by atoms with van der Waals surface area (Å²) in [4.78, 5) is 14.3.